The summed E-state index contributed by atoms with van der Waals surface area (Å²) in [6.45, 7) is 0. The van der Waals surface area contributed by atoms with Crippen molar-refractivity contribution in [1.29, 1.82) is 0 Å². The van der Waals surface area contributed by atoms with Gasteiger partial charge in [0, 0.05) is 46.4 Å². The Kier molecular flexibility index (Phi) is 4.25. The number of hydrogen-bond acceptors (Lipinski definition) is 3. The predicted molar refractivity (Wildman–Crippen MR) is 103 cm³/mol. The third-order valence-corrected chi connectivity index (χ3v) is 7.18. The summed E-state index contributed by atoms with van der Waals surface area (Å²) in [4.78, 5) is 0.838. The Bertz CT molecular complexity index is 1120. The number of nitrogens with zero attached hydrogens (tertiary/aromatic N) is 1. The van der Waals surface area contributed by atoms with Gasteiger partial charge in [0.2, 0.25) is 0 Å². The van der Waals surface area contributed by atoms with Crippen molar-refractivity contribution in [2.45, 2.75) is 47.5 Å². The largest absolute Gasteiger partial charge is 0.573 e. The number of fused-ring (bicyclic) bond motifs is 6. The van der Waals surface area contributed by atoms with E-state index < -0.39 is 17.2 Å². The molecule has 29 heavy (non-hydrogen) atoms. The molecule has 2 aliphatic heterocycles. The fraction of sp³-hybridized carbons (Fsp3) is 0.333. The summed E-state index contributed by atoms with van der Waals surface area (Å²) in [5.74, 6) is -0.304. The lowest BCUT2D eigenvalue weighted by atomic mass is 9.99. The molecular formula is C21H19F3N2O2S. The second-order valence-corrected chi connectivity index (χ2v) is 9.04. The molecule has 2 bridgehead atoms. The van der Waals surface area contributed by atoms with Gasteiger partial charge in [-0.25, -0.2) is 4.21 Å². The molecule has 8 heteroatoms. The number of nitrogens with one attached hydrogen (secondary N) is 1. The Morgan fingerprint density at radius 1 is 1.14 bits per heavy atom. The number of benzene rings is 2. The molecule has 1 fully saturated rings. The van der Waals surface area contributed by atoms with Crippen LogP contribution < -0.4 is 10.1 Å². The van der Waals surface area contributed by atoms with Crippen LogP contribution in [0.4, 0.5) is 13.2 Å². The van der Waals surface area contributed by atoms with Crippen LogP contribution in [0.1, 0.15) is 30.1 Å². The molecule has 2 aromatic carbocycles. The molecule has 3 unspecified atom stereocenters. The molecular weight excluding hydrogens is 401 g/mol. The lowest BCUT2D eigenvalue weighted by Crippen LogP contribution is -2.32. The third-order valence-electron chi connectivity index (χ3n) is 5.82. The number of hydrogen-bond donors (Lipinski definition) is 1. The van der Waals surface area contributed by atoms with Crippen LogP contribution in [0.2, 0.25) is 0 Å². The number of ether oxygens (including phenoxy) is 1. The molecule has 0 aliphatic carbocycles. The van der Waals surface area contributed by atoms with Gasteiger partial charge in [0.15, 0.2) is 5.75 Å². The fourth-order valence-electron chi connectivity index (χ4n) is 4.67. The van der Waals surface area contributed by atoms with E-state index in [0.29, 0.717) is 26.7 Å². The van der Waals surface area contributed by atoms with Crippen molar-refractivity contribution in [1.82, 2.24) is 9.88 Å². The van der Waals surface area contributed by atoms with Crippen LogP contribution in [0.15, 0.2) is 52.3 Å². The van der Waals surface area contributed by atoms with E-state index >= 15 is 0 Å². The fourth-order valence-corrected chi connectivity index (χ4v) is 5.79. The van der Waals surface area contributed by atoms with Crippen LogP contribution in [0.5, 0.6) is 5.75 Å². The number of alkyl halides is 3. The summed E-state index contributed by atoms with van der Waals surface area (Å²) in [5, 5.41) is 4.23. The first-order valence-electron chi connectivity index (χ1n) is 9.45. The van der Waals surface area contributed by atoms with Gasteiger partial charge in [-0.2, -0.15) is 0 Å². The molecule has 0 amide bonds. The van der Waals surface area contributed by atoms with E-state index in [1.54, 1.807) is 43.4 Å². The first-order valence-corrected chi connectivity index (χ1v) is 10.6. The third kappa shape index (κ3) is 3.14. The highest BCUT2D eigenvalue weighted by atomic mass is 32.2. The van der Waals surface area contributed by atoms with E-state index in [9.17, 15) is 17.4 Å². The van der Waals surface area contributed by atoms with Crippen molar-refractivity contribution < 1.29 is 22.1 Å². The first kappa shape index (κ1) is 18.7. The molecule has 1 N–H and O–H groups in total. The maximum Gasteiger partial charge on any atom is 0.573 e. The minimum atomic E-state index is -4.83. The van der Waals surface area contributed by atoms with Crippen LogP contribution in [0.3, 0.4) is 0 Å². The number of rotatable bonds is 3. The topological polar surface area (TPSA) is 43.3 Å². The van der Waals surface area contributed by atoms with Gasteiger partial charge in [-0.15, -0.1) is 13.2 Å². The second-order valence-electron chi connectivity index (χ2n) is 7.56. The molecule has 5 rings (SSSR count). The van der Waals surface area contributed by atoms with Crippen molar-refractivity contribution in [2.75, 3.05) is 0 Å². The molecule has 1 saturated heterocycles. The molecule has 1 aromatic heterocycles. The Labute approximate surface area is 168 Å². The summed E-state index contributed by atoms with van der Waals surface area (Å²) in [5.41, 5.74) is 2.44. The molecule has 0 spiro atoms. The first-order chi connectivity index (χ1) is 13.8. The quantitative estimate of drug-likeness (QED) is 0.674. The van der Waals surface area contributed by atoms with Crippen molar-refractivity contribution in [3.05, 3.63) is 53.7 Å². The standard InChI is InChI=1S/C21H19F3N2O2S/c1-26-17-9-12-7-8-16(25-12)19(17)15-10-14(29(27)13-5-3-2-4-6-13)11-18(20(15)26)28-21(22,23)24/h2-6,10-12,16,25H,7-9H2,1H3. The van der Waals surface area contributed by atoms with Gasteiger partial charge in [0.05, 0.1) is 16.3 Å². The van der Waals surface area contributed by atoms with Crippen molar-refractivity contribution >= 4 is 21.7 Å². The van der Waals surface area contributed by atoms with Crippen LogP contribution in [-0.4, -0.2) is 21.2 Å². The summed E-state index contributed by atoms with van der Waals surface area (Å²) in [7, 11) is 0.168. The van der Waals surface area contributed by atoms with E-state index in [2.05, 4.69) is 10.1 Å². The second kappa shape index (κ2) is 6.60. The number of aromatic nitrogens is 1. The maximum absolute atomic E-state index is 13.2. The van der Waals surface area contributed by atoms with Gasteiger partial charge >= 0.3 is 6.36 Å². The normalized spacial score (nSPS) is 21.9. The van der Waals surface area contributed by atoms with Crippen molar-refractivity contribution in [2.24, 2.45) is 7.05 Å². The van der Waals surface area contributed by atoms with Crippen LogP contribution in [0, 0.1) is 0 Å². The maximum atomic E-state index is 13.2. The molecule has 0 radical (unpaired) electrons. The molecule has 3 heterocycles. The Balaban J connectivity index is 1.75. The van der Waals surface area contributed by atoms with Crippen LogP contribution in [0.25, 0.3) is 10.9 Å². The monoisotopic (exact) mass is 420 g/mol. The highest BCUT2D eigenvalue weighted by Gasteiger charge is 2.38. The van der Waals surface area contributed by atoms with Crippen molar-refractivity contribution in [3.63, 3.8) is 0 Å². The minimum Gasteiger partial charge on any atom is -0.403 e. The molecule has 2 aliphatic rings. The van der Waals surface area contributed by atoms with Gasteiger partial charge in [-0.05, 0) is 42.7 Å². The average molecular weight is 420 g/mol. The van der Waals surface area contributed by atoms with Gasteiger partial charge in [0.1, 0.15) is 0 Å². The SMILES string of the molecule is Cn1c2c(c3cc(S(=O)c4ccccc4)cc(OC(F)(F)F)c31)C1CCC(C2)N1. The van der Waals surface area contributed by atoms with Crippen molar-refractivity contribution in [3.8, 4) is 5.75 Å². The Morgan fingerprint density at radius 3 is 2.62 bits per heavy atom. The Hall–Kier alpha value is -2.32. The summed E-state index contributed by atoms with van der Waals surface area (Å²) >= 11 is 0. The lowest BCUT2D eigenvalue weighted by Gasteiger charge is -2.23. The zero-order valence-corrected chi connectivity index (χ0v) is 16.4. The molecule has 152 valence electrons. The number of aryl methyl sites for hydroxylation is 1. The van der Waals surface area contributed by atoms with E-state index in [1.165, 1.54) is 6.07 Å². The zero-order valence-electron chi connectivity index (χ0n) is 15.6. The van der Waals surface area contributed by atoms with E-state index in [-0.39, 0.29) is 11.8 Å². The van der Waals surface area contributed by atoms with Crippen LogP contribution >= 0.6 is 0 Å². The molecule has 3 atom stereocenters. The van der Waals surface area contributed by atoms with E-state index in [4.69, 9.17) is 0 Å². The van der Waals surface area contributed by atoms with Gasteiger partial charge in [-0.1, -0.05) is 18.2 Å². The summed E-state index contributed by atoms with van der Waals surface area (Å²) in [6, 6.07) is 12.2. The minimum absolute atomic E-state index is 0.103. The predicted octanol–water partition coefficient (Wildman–Crippen LogP) is 4.59. The average Bonchev–Trinajstić information content (AvgIpc) is 3.19. The van der Waals surface area contributed by atoms with Gasteiger partial charge in [0.25, 0.3) is 0 Å². The van der Waals surface area contributed by atoms with Crippen LogP contribution in [-0.2, 0) is 24.3 Å². The summed E-state index contributed by atoms with van der Waals surface area (Å²) < 4.78 is 58.8. The molecule has 4 nitrogen and oxygen atoms in total. The molecule has 0 saturated carbocycles. The van der Waals surface area contributed by atoms with Gasteiger partial charge in [-0.3, -0.25) is 0 Å². The Morgan fingerprint density at radius 2 is 1.90 bits per heavy atom. The smallest absolute Gasteiger partial charge is 0.403 e. The molecule has 3 aromatic rings. The highest BCUT2D eigenvalue weighted by molar-refractivity contribution is 7.85. The van der Waals surface area contributed by atoms with E-state index in [1.807, 2.05) is 4.57 Å². The zero-order chi connectivity index (χ0) is 20.3. The van der Waals surface area contributed by atoms with E-state index in [0.717, 1.165) is 30.5 Å². The highest BCUT2D eigenvalue weighted by Crippen LogP contribution is 2.45. The van der Waals surface area contributed by atoms with Gasteiger partial charge < -0.3 is 14.6 Å². The summed E-state index contributed by atoms with van der Waals surface area (Å²) in [6.07, 6.45) is -2.08. The number of halogens is 3. The lowest BCUT2D eigenvalue weighted by molar-refractivity contribution is -0.274.